The molecule has 0 bridgehead atoms. The lowest BCUT2D eigenvalue weighted by Gasteiger charge is -2.31. The molecule has 2 aliphatic heterocycles. The fourth-order valence-corrected chi connectivity index (χ4v) is 3.20. The molecule has 0 saturated carbocycles. The molecule has 1 unspecified atom stereocenters. The smallest absolute Gasteiger partial charge is 0.260 e. The minimum atomic E-state index is -0.711. The maximum atomic E-state index is 12.5. The number of aryl methyl sites for hydroxylation is 3. The number of fused-ring (bicyclic) bond motifs is 1. The van der Waals surface area contributed by atoms with Crippen LogP contribution in [0.25, 0.3) is 0 Å². The second-order valence-electron chi connectivity index (χ2n) is 5.48. The third-order valence-electron chi connectivity index (χ3n) is 3.98. The van der Waals surface area contributed by atoms with Crippen LogP contribution in [0, 0.1) is 20.8 Å². The molecule has 5 nitrogen and oxygen atoms in total. The maximum Gasteiger partial charge on any atom is 0.260 e. The molecule has 0 spiro atoms. The Morgan fingerprint density at radius 3 is 2.25 bits per heavy atom. The van der Waals surface area contributed by atoms with Gasteiger partial charge in [-0.15, -0.1) is 0 Å². The second-order valence-corrected chi connectivity index (χ2v) is 5.48. The van der Waals surface area contributed by atoms with E-state index in [1.807, 2.05) is 32.9 Å². The van der Waals surface area contributed by atoms with Gasteiger partial charge in [-0.1, -0.05) is 17.7 Å². The van der Waals surface area contributed by atoms with Crippen LogP contribution in [0.15, 0.2) is 12.1 Å². The molecule has 106 valence electrons. The molecule has 0 radical (unpaired) electrons. The minimum Gasteiger partial charge on any atom is -0.357 e. The van der Waals surface area contributed by atoms with E-state index in [1.54, 1.807) is 0 Å². The summed E-state index contributed by atoms with van der Waals surface area (Å²) in [6.07, 6.45) is 0. The van der Waals surface area contributed by atoms with Crippen LogP contribution >= 0.6 is 0 Å². The van der Waals surface area contributed by atoms with Crippen LogP contribution in [0.1, 0.15) is 28.2 Å². The molecule has 1 aromatic carbocycles. The van der Waals surface area contributed by atoms with Gasteiger partial charge in [-0.25, -0.2) is 10.0 Å². The fourth-order valence-electron chi connectivity index (χ4n) is 3.20. The number of hydrogen-bond acceptors (Lipinski definition) is 3. The quantitative estimate of drug-likeness (QED) is 0.725. The molecule has 5 heteroatoms. The van der Waals surface area contributed by atoms with Crippen LogP contribution in [0.5, 0.6) is 0 Å². The Balaban J connectivity index is 2.06. The molecule has 2 aliphatic rings. The van der Waals surface area contributed by atoms with Crippen LogP contribution in [0.4, 0.5) is 0 Å². The molecule has 2 fully saturated rings. The average Bonchev–Trinajstić information content (AvgIpc) is 2.64. The van der Waals surface area contributed by atoms with E-state index < -0.39 is 5.92 Å². The maximum absolute atomic E-state index is 12.5. The number of ether oxygens (including phenoxy) is 1. The van der Waals surface area contributed by atoms with Crippen molar-refractivity contribution in [3.63, 3.8) is 0 Å². The van der Waals surface area contributed by atoms with Gasteiger partial charge in [0.1, 0.15) is 12.6 Å². The molecule has 20 heavy (non-hydrogen) atoms. The number of hydrogen-bond donors (Lipinski definition) is 0. The van der Waals surface area contributed by atoms with Crippen molar-refractivity contribution in [2.45, 2.75) is 26.7 Å². The Morgan fingerprint density at radius 2 is 1.65 bits per heavy atom. The summed E-state index contributed by atoms with van der Waals surface area (Å²) in [6.45, 7) is 7.03. The van der Waals surface area contributed by atoms with Crippen molar-refractivity contribution in [2.24, 2.45) is 0 Å². The highest BCUT2D eigenvalue weighted by molar-refractivity contribution is 6.10. The lowest BCUT2D eigenvalue weighted by molar-refractivity contribution is -0.174. The predicted molar refractivity (Wildman–Crippen MR) is 72.8 cm³/mol. The zero-order chi connectivity index (χ0) is 14.4. The summed E-state index contributed by atoms with van der Waals surface area (Å²) in [5.74, 6) is -1.02. The Kier molecular flexibility index (Phi) is 3.01. The van der Waals surface area contributed by atoms with Gasteiger partial charge in [-0.3, -0.25) is 9.59 Å². The summed E-state index contributed by atoms with van der Waals surface area (Å²) in [6, 6.07) is 4.04. The molecule has 3 rings (SSSR count). The van der Waals surface area contributed by atoms with E-state index in [0.29, 0.717) is 13.2 Å². The highest BCUT2D eigenvalue weighted by atomic mass is 16.5. The normalized spacial score (nSPS) is 22.4. The predicted octanol–water partition coefficient (Wildman–Crippen LogP) is 1.27. The van der Waals surface area contributed by atoms with E-state index in [4.69, 9.17) is 4.74 Å². The van der Waals surface area contributed by atoms with Gasteiger partial charge in [-0.2, -0.15) is 0 Å². The first-order valence-corrected chi connectivity index (χ1v) is 6.79. The molecule has 1 aromatic rings. The van der Waals surface area contributed by atoms with Crippen molar-refractivity contribution < 1.29 is 14.3 Å². The van der Waals surface area contributed by atoms with Gasteiger partial charge in [0.2, 0.25) is 0 Å². The number of rotatable bonds is 1. The molecule has 2 amide bonds. The van der Waals surface area contributed by atoms with Gasteiger partial charge >= 0.3 is 0 Å². The summed E-state index contributed by atoms with van der Waals surface area (Å²) >= 11 is 0. The van der Waals surface area contributed by atoms with E-state index in [-0.39, 0.29) is 18.5 Å². The summed E-state index contributed by atoms with van der Waals surface area (Å²) in [4.78, 5) is 25.1. The van der Waals surface area contributed by atoms with Crippen LogP contribution in [0.3, 0.4) is 0 Å². The number of carbonyl (C=O) groups excluding carboxylic acids is 2. The highest BCUT2D eigenvalue weighted by Crippen LogP contribution is 2.34. The largest absolute Gasteiger partial charge is 0.357 e. The third kappa shape index (κ3) is 1.81. The minimum absolute atomic E-state index is 0.131. The lowest BCUT2D eigenvalue weighted by Crippen LogP contribution is -2.48. The van der Waals surface area contributed by atoms with Crippen LogP contribution < -0.4 is 0 Å². The number of benzene rings is 1. The van der Waals surface area contributed by atoms with E-state index >= 15 is 0 Å². The lowest BCUT2D eigenvalue weighted by atomic mass is 9.89. The Bertz CT molecular complexity index is 550. The molecule has 0 N–H and O–H groups in total. The van der Waals surface area contributed by atoms with Crippen LogP contribution in [-0.4, -0.2) is 41.7 Å². The number of carbonyl (C=O) groups is 2. The van der Waals surface area contributed by atoms with Crippen molar-refractivity contribution in [2.75, 3.05) is 19.9 Å². The van der Waals surface area contributed by atoms with Crippen molar-refractivity contribution in [3.8, 4) is 0 Å². The molecular weight excluding hydrogens is 256 g/mol. The average molecular weight is 274 g/mol. The molecule has 0 aliphatic carbocycles. The van der Waals surface area contributed by atoms with Gasteiger partial charge in [0.15, 0.2) is 0 Å². The topological polar surface area (TPSA) is 49.9 Å². The Morgan fingerprint density at radius 1 is 1.05 bits per heavy atom. The molecular formula is C15H18N2O3. The van der Waals surface area contributed by atoms with Gasteiger partial charge < -0.3 is 4.74 Å². The standard InChI is InChI=1S/C15H18N2O3/c1-9-6-10(2)12(11(3)7-9)13-14(18)16-4-5-20-8-17(16)15(13)19/h6-7,13H,4-5,8H2,1-3H3. The zero-order valence-electron chi connectivity index (χ0n) is 12.0. The van der Waals surface area contributed by atoms with Gasteiger partial charge in [0.05, 0.1) is 13.2 Å². The fraction of sp³-hybridized carbons (Fsp3) is 0.467. The van der Waals surface area contributed by atoms with E-state index in [0.717, 1.165) is 22.3 Å². The monoisotopic (exact) mass is 274 g/mol. The molecule has 1 atom stereocenters. The summed E-state index contributed by atoms with van der Waals surface area (Å²) in [5, 5.41) is 2.95. The zero-order valence-corrected chi connectivity index (χ0v) is 12.0. The number of nitrogens with zero attached hydrogens (tertiary/aromatic N) is 2. The SMILES string of the molecule is Cc1cc(C)c(C2C(=O)N3CCOCN3C2=O)c(C)c1. The first-order chi connectivity index (χ1) is 9.50. The molecule has 2 heterocycles. The van der Waals surface area contributed by atoms with Crippen molar-refractivity contribution in [1.29, 1.82) is 0 Å². The van der Waals surface area contributed by atoms with E-state index in [1.165, 1.54) is 10.0 Å². The van der Waals surface area contributed by atoms with Crippen LogP contribution in [-0.2, 0) is 14.3 Å². The Hall–Kier alpha value is -1.88. The molecule has 2 saturated heterocycles. The number of hydrazine groups is 1. The van der Waals surface area contributed by atoms with Gasteiger partial charge in [-0.05, 0) is 37.5 Å². The summed E-state index contributed by atoms with van der Waals surface area (Å²) < 4.78 is 5.28. The summed E-state index contributed by atoms with van der Waals surface area (Å²) in [7, 11) is 0. The van der Waals surface area contributed by atoms with Crippen LogP contribution in [0.2, 0.25) is 0 Å². The van der Waals surface area contributed by atoms with E-state index in [2.05, 4.69) is 0 Å². The first-order valence-electron chi connectivity index (χ1n) is 6.79. The van der Waals surface area contributed by atoms with E-state index in [9.17, 15) is 9.59 Å². The highest BCUT2D eigenvalue weighted by Gasteiger charge is 2.48. The van der Waals surface area contributed by atoms with Gasteiger partial charge in [0, 0.05) is 0 Å². The van der Waals surface area contributed by atoms with Crippen molar-refractivity contribution in [1.82, 2.24) is 10.0 Å². The first kappa shape index (κ1) is 13.1. The Labute approximate surface area is 118 Å². The second kappa shape index (κ2) is 4.59. The third-order valence-corrected chi connectivity index (χ3v) is 3.98. The summed E-state index contributed by atoms with van der Waals surface area (Å²) in [5.41, 5.74) is 3.98. The van der Waals surface area contributed by atoms with Gasteiger partial charge in [0.25, 0.3) is 11.8 Å². The number of amides is 2. The van der Waals surface area contributed by atoms with Crippen molar-refractivity contribution in [3.05, 3.63) is 34.4 Å². The van der Waals surface area contributed by atoms with Crippen molar-refractivity contribution >= 4 is 11.8 Å². The molecule has 0 aromatic heterocycles.